The molecule has 1 heterocycles. The van der Waals surface area contributed by atoms with Gasteiger partial charge in [0.05, 0.1) is 0 Å². The van der Waals surface area contributed by atoms with E-state index in [1.807, 2.05) is 54.2 Å². The number of aryl methyl sites for hydroxylation is 1. The molecule has 1 aliphatic rings. The van der Waals surface area contributed by atoms with Crippen molar-refractivity contribution in [1.29, 1.82) is 0 Å². The van der Waals surface area contributed by atoms with Gasteiger partial charge in [-0.25, -0.2) is 0 Å². The van der Waals surface area contributed by atoms with Crippen LogP contribution in [0.4, 0.5) is 0 Å². The van der Waals surface area contributed by atoms with Crippen molar-refractivity contribution in [1.82, 2.24) is 9.88 Å². The van der Waals surface area contributed by atoms with Gasteiger partial charge in [-0.2, -0.15) is 0 Å². The van der Waals surface area contributed by atoms with Gasteiger partial charge in [-0.3, -0.25) is 4.79 Å². The predicted octanol–water partition coefficient (Wildman–Crippen LogP) is 3.33. The van der Waals surface area contributed by atoms with Gasteiger partial charge in [0.2, 0.25) is 0 Å². The Hall–Kier alpha value is -2.07. The first kappa shape index (κ1) is 15.8. The first-order valence-corrected chi connectivity index (χ1v) is 8.34. The second-order valence-corrected chi connectivity index (χ2v) is 6.22. The Bertz CT molecular complexity index is 645. The van der Waals surface area contributed by atoms with Gasteiger partial charge >= 0.3 is 0 Å². The lowest BCUT2D eigenvalue weighted by atomic mass is 10.1. The summed E-state index contributed by atoms with van der Waals surface area (Å²) in [5.41, 5.74) is 2.87. The van der Waals surface area contributed by atoms with E-state index in [0.717, 1.165) is 36.8 Å². The minimum absolute atomic E-state index is 0.0272. The molecule has 122 valence electrons. The maximum absolute atomic E-state index is 12.3. The van der Waals surface area contributed by atoms with E-state index in [2.05, 4.69) is 5.32 Å². The first-order valence-electron chi connectivity index (χ1n) is 8.34. The summed E-state index contributed by atoms with van der Waals surface area (Å²) in [6.45, 7) is 4.30. The van der Waals surface area contributed by atoms with Gasteiger partial charge in [0.1, 0.15) is 0 Å². The van der Waals surface area contributed by atoms with Gasteiger partial charge in [-0.05, 0) is 61.9 Å². The van der Waals surface area contributed by atoms with Crippen LogP contribution in [0.1, 0.15) is 35.2 Å². The third-order valence-electron chi connectivity index (χ3n) is 4.16. The largest absolute Gasteiger partial charge is 0.381 e. The molecule has 0 saturated heterocycles. The summed E-state index contributed by atoms with van der Waals surface area (Å²) in [7, 11) is 0. The number of nitrogens with one attached hydrogen (secondary N) is 1. The molecular formula is C19H24N2O2. The number of nitrogens with zero attached hydrogens (tertiary/aromatic N) is 1. The first-order chi connectivity index (χ1) is 11.2. The molecule has 0 aliphatic heterocycles. The maximum atomic E-state index is 12.3. The van der Waals surface area contributed by atoms with Crippen LogP contribution in [0.15, 0.2) is 42.7 Å². The molecule has 23 heavy (non-hydrogen) atoms. The zero-order valence-corrected chi connectivity index (χ0v) is 13.6. The van der Waals surface area contributed by atoms with E-state index in [1.54, 1.807) is 0 Å². The number of carbonyl (C=O) groups excluding carboxylic acids is 1. The third kappa shape index (κ3) is 4.45. The molecular weight excluding hydrogens is 288 g/mol. The Balaban J connectivity index is 1.49. The summed E-state index contributed by atoms with van der Waals surface area (Å²) in [6.07, 6.45) is 7.46. The molecule has 4 nitrogen and oxygen atoms in total. The summed E-state index contributed by atoms with van der Waals surface area (Å²) in [5.74, 6) is 0.768. The number of benzene rings is 1. The predicted molar refractivity (Wildman–Crippen MR) is 91.0 cm³/mol. The summed E-state index contributed by atoms with van der Waals surface area (Å²) in [6, 6.07) is 9.76. The normalized spacial score (nSPS) is 14.0. The van der Waals surface area contributed by atoms with Crippen molar-refractivity contribution in [2.75, 3.05) is 19.8 Å². The molecule has 3 rings (SSSR count). The number of rotatable bonds is 8. The fourth-order valence-corrected chi connectivity index (χ4v) is 2.54. The fourth-order valence-electron chi connectivity index (χ4n) is 2.54. The number of amides is 1. The van der Waals surface area contributed by atoms with Crippen LogP contribution in [-0.2, 0) is 4.74 Å². The van der Waals surface area contributed by atoms with Crippen molar-refractivity contribution in [3.63, 3.8) is 0 Å². The van der Waals surface area contributed by atoms with E-state index in [0.29, 0.717) is 12.1 Å². The molecule has 0 radical (unpaired) electrons. The van der Waals surface area contributed by atoms with Crippen molar-refractivity contribution in [3.8, 4) is 5.69 Å². The minimum atomic E-state index is -0.0272. The number of hydrogen-bond donors (Lipinski definition) is 1. The van der Waals surface area contributed by atoms with Gasteiger partial charge < -0.3 is 14.6 Å². The van der Waals surface area contributed by atoms with Crippen LogP contribution < -0.4 is 5.32 Å². The molecule has 1 aromatic carbocycles. The summed E-state index contributed by atoms with van der Waals surface area (Å²) >= 11 is 0. The maximum Gasteiger partial charge on any atom is 0.251 e. The fraction of sp³-hybridized carbons (Fsp3) is 0.421. The summed E-state index contributed by atoms with van der Waals surface area (Å²) in [4.78, 5) is 12.3. The Morgan fingerprint density at radius 2 is 2.09 bits per heavy atom. The van der Waals surface area contributed by atoms with E-state index in [4.69, 9.17) is 4.74 Å². The Labute approximate surface area is 137 Å². The number of hydrogen-bond acceptors (Lipinski definition) is 2. The highest BCUT2D eigenvalue weighted by Crippen LogP contribution is 2.28. The second-order valence-electron chi connectivity index (χ2n) is 6.22. The number of carbonyl (C=O) groups is 1. The quantitative estimate of drug-likeness (QED) is 0.760. The van der Waals surface area contributed by atoms with Crippen LogP contribution in [0, 0.1) is 12.8 Å². The molecule has 0 spiro atoms. The van der Waals surface area contributed by atoms with Crippen LogP contribution in [0.3, 0.4) is 0 Å². The van der Waals surface area contributed by atoms with Crippen molar-refractivity contribution in [2.24, 2.45) is 5.92 Å². The second kappa shape index (κ2) is 7.47. The van der Waals surface area contributed by atoms with Crippen molar-refractivity contribution in [3.05, 3.63) is 53.9 Å². The van der Waals surface area contributed by atoms with Crippen molar-refractivity contribution < 1.29 is 9.53 Å². The average molecular weight is 312 g/mol. The SMILES string of the molecule is Cc1ccc(C(=O)NCCCOCC2CC2)cc1-n1cccc1. The smallest absolute Gasteiger partial charge is 0.251 e. The lowest BCUT2D eigenvalue weighted by Gasteiger charge is -2.11. The van der Waals surface area contributed by atoms with Crippen LogP contribution in [0.2, 0.25) is 0 Å². The summed E-state index contributed by atoms with van der Waals surface area (Å²) < 4.78 is 7.60. The summed E-state index contributed by atoms with van der Waals surface area (Å²) in [5, 5.41) is 2.97. The van der Waals surface area contributed by atoms with Crippen LogP contribution in [-0.4, -0.2) is 30.2 Å². The Morgan fingerprint density at radius 3 is 2.83 bits per heavy atom. The molecule has 0 bridgehead atoms. The monoisotopic (exact) mass is 312 g/mol. The van der Waals surface area contributed by atoms with Crippen molar-refractivity contribution in [2.45, 2.75) is 26.2 Å². The molecule has 1 aliphatic carbocycles. The zero-order valence-electron chi connectivity index (χ0n) is 13.6. The average Bonchev–Trinajstić information content (AvgIpc) is 3.22. The van der Waals surface area contributed by atoms with E-state index >= 15 is 0 Å². The van der Waals surface area contributed by atoms with Gasteiger partial charge in [-0.1, -0.05) is 6.07 Å². The molecule has 2 aromatic rings. The molecule has 1 fully saturated rings. The third-order valence-corrected chi connectivity index (χ3v) is 4.16. The zero-order chi connectivity index (χ0) is 16.1. The van der Waals surface area contributed by atoms with Gasteiger partial charge in [0.25, 0.3) is 5.91 Å². The lowest BCUT2D eigenvalue weighted by Crippen LogP contribution is -2.25. The molecule has 4 heteroatoms. The van der Waals surface area contributed by atoms with E-state index in [1.165, 1.54) is 12.8 Å². The Morgan fingerprint density at radius 1 is 1.30 bits per heavy atom. The molecule has 1 amide bonds. The lowest BCUT2D eigenvalue weighted by molar-refractivity contribution is 0.0937. The van der Waals surface area contributed by atoms with Crippen LogP contribution in [0.25, 0.3) is 5.69 Å². The van der Waals surface area contributed by atoms with Crippen LogP contribution >= 0.6 is 0 Å². The van der Waals surface area contributed by atoms with E-state index in [9.17, 15) is 4.79 Å². The number of aromatic nitrogens is 1. The standard InChI is InChI=1S/C19H24N2O2/c1-15-5-8-17(13-18(15)21-10-2-3-11-21)19(22)20-9-4-12-23-14-16-6-7-16/h2-3,5,8,10-11,13,16H,4,6-7,9,12,14H2,1H3,(H,20,22). The molecule has 1 aromatic heterocycles. The number of ether oxygens (including phenoxy) is 1. The molecule has 1 N–H and O–H groups in total. The highest BCUT2D eigenvalue weighted by atomic mass is 16.5. The van der Waals surface area contributed by atoms with E-state index < -0.39 is 0 Å². The highest BCUT2D eigenvalue weighted by molar-refractivity contribution is 5.94. The van der Waals surface area contributed by atoms with Crippen molar-refractivity contribution >= 4 is 5.91 Å². The van der Waals surface area contributed by atoms with Crippen LogP contribution in [0.5, 0.6) is 0 Å². The Kier molecular flexibility index (Phi) is 5.13. The van der Waals surface area contributed by atoms with Gasteiger partial charge in [0, 0.05) is 43.4 Å². The minimum Gasteiger partial charge on any atom is -0.381 e. The molecule has 0 atom stereocenters. The highest BCUT2D eigenvalue weighted by Gasteiger charge is 2.20. The van der Waals surface area contributed by atoms with Gasteiger partial charge in [0.15, 0.2) is 0 Å². The molecule has 0 unspecified atom stereocenters. The van der Waals surface area contributed by atoms with E-state index in [-0.39, 0.29) is 5.91 Å². The topological polar surface area (TPSA) is 43.3 Å². The van der Waals surface area contributed by atoms with Gasteiger partial charge in [-0.15, -0.1) is 0 Å². The molecule has 1 saturated carbocycles.